The summed E-state index contributed by atoms with van der Waals surface area (Å²) in [6.45, 7) is 2.76. The van der Waals surface area contributed by atoms with Gasteiger partial charge in [0.25, 0.3) is 5.91 Å². The number of halogens is 1. The minimum Gasteiger partial charge on any atom is -0.394 e. The Morgan fingerprint density at radius 3 is 3.07 bits per heavy atom. The van der Waals surface area contributed by atoms with E-state index < -0.39 is 0 Å². The molecule has 0 unspecified atom stereocenters. The summed E-state index contributed by atoms with van der Waals surface area (Å²) in [6.07, 6.45) is 4.25. The number of aromatic nitrogens is 4. The zero-order chi connectivity index (χ0) is 19.7. The van der Waals surface area contributed by atoms with Crippen molar-refractivity contribution in [3.8, 4) is 0 Å². The molecular formula is C20H20BrN5O2. The zero-order valence-electron chi connectivity index (χ0n) is 15.4. The molecule has 3 N–H and O–H groups in total. The number of fused-ring (bicyclic) bond motifs is 2. The Labute approximate surface area is 169 Å². The van der Waals surface area contributed by atoms with Gasteiger partial charge in [-0.3, -0.25) is 4.79 Å². The number of aromatic amines is 1. The lowest BCUT2D eigenvalue weighted by molar-refractivity contribution is 0.0954. The van der Waals surface area contributed by atoms with Crippen LogP contribution in [0, 0.1) is 6.92 Å². The van der Waals surface area contributed by atoms with Gasteiger partial charge in [0.15, 0.2) is 5.65 Å². The summed E-state index contributed by atoms with van der Waals surface area (Å²) in [5, 5.41) is 18.4. The Bertz CT molecular complexity index is 1160. The Kier molecular flexibility index (Phi) is 5.15. The normalized spacial score (nSPS) is 11.4. The Balaban J connectivity index is 1.47. The van der Waals surface area contributed by atoms with E-state index in [2.05, 4.69) is 36.3 Å². The van der Waals surface area contributed by atoms with Gasteiger partial charge in [0.2, 0.25) is 0 Å². The summed E-state index contributed by atoms with van der Waals surface area (Å²) < 4.78 is 2.69. The van der Waals surface area contributed by atoms with E-state index in [0.717, 1.165) is 38.4 Å². The lowest BCUT2D eigenvalue weighted by Crippen LogP contribution is -2.25. The first kappa shape index (κ1) is 18.6. The Hall–Kier alpha value is -2.71. The number of carbonyl (C=O) groups excluding carboxylic acids is 1. The lowest BCUT2D eigenvalue weighted by atomic mass is 10.1. The molecule has 0 saturated heterocycles. The molecule has 0 aliphatic heterocycles. The maximum atomic E-state index is 12.6. The van der Waals surface area contributed by atoms with E-state index in [0.29, 0.717) is 24.3 Å². The van der Waals surface area contributed by atoms with Crippen molar-refractivity contribution in [2.75, 3.05) is 13.2 Å². The van der Waals surface area contributed by atoms with Crippen LogP contribution in [0.1, 0.15) is 21.6 Å². The molecule has 28 heavy (non-hydrogen) atoms. The van der Waals surface area contributed by atoms with Crippen molar-refractivity contribution in [1.82, 2.24) is 25.1 Å². The van der Waals surface area contributed by atoms with Crippen LogP contribution >= 0.6 is 15.9 Å². The van der Waals surface area contributed by atoms with E-state index in [1.54, 1.807) is 16.9 Å². The second-order valence-corrected chi connectivity index (χ2v) is 7.46. The van der Waals surface area contributed by atoms with Gasteiger partial charge in [0.1, 0.15) is 0 Å². The molecular weight excluding hydrogens is 422 g/mol. The van der Waals surface area contributed by atoms with Crippen LogP contribution in [-0.2, 0) is 13.0 Å². The van der Waals surface area contributed by atoms with Gasteiger partial charge in [-0.2, -0.15) is 5.10 Å². The quantitative estimate of drug-likeness (QED) is 0.428. The predicted molar refractivity (Wildman–Crippen MR) is 111 cm³/mol. The average molecular weight is 442 g/mol. The van der Waals surface area contributed by atoms with Gasteiger partial charge in [-0.05, 0) is 37.1 Å². The predicted octanol–water partition coefficient (Wildman–Crippen LogP) is 2.95. The van der Waals surface area contributed by atoms with Crippen LogP contribution in [0.15, 0.2) is 41.1 Å². The molecule has 3 heterocycles. The number of carbonyl (C=O) groups is 1. The highest BCUT2D eigenvalue weighted by molar-refractivity contribution is 9.10. The van der Waals surface area contributed by atoms with Crippen LogP contribution < -0.4 is 5.32 Å². The van der Waals surface area contributed by atoms with E-state index in [1.165, 1.54) is 0 Å². The van der Waals surface area contributed by atoms with Gasteiger partial charge in [0, 0.05) is 39.7 Å². The highest BCUT2D eigenvalue weighted by Gasteiger charge is 2.13. The highest BCUT2D eigenvalue weighted by Crippen LogP contribution is 2.27. The second kappa shape index (κ2) is 7.73. The van der Waals surface area contributed by atoms with Crippen molar-refractivity contribution in [1.29, 1.82) is 0 Å². The fourth-order valence-corrected chi connectivity index (χ4v) is 4.03. The van der Waals surface area contributed by atoms with E-state index in [-0.39, 0.29) is 12.5 Å². The molecule has 0 spiro atoms. The number of aryl methyl sites for hydroxylation is 1. The maximum absolute atomic E-state index is 12.6. The molecule has 0 radical (unpaired) electrons. The number of nitrogens with zero attached hydrogens (tertiary/aromatic N) is 3. The molecule has 0 atom stereocenters. The van der Waals surface area contributed by atoms with Crippen LogP contribution in [-0.4, -0.2) is 43.9 Å². The van der Waals surface area contributed by atoms with Crippen LogP contribution in [0.3, 0.4) is 0 Å². The summed E-state index contributed by atoms with van der Waals surface area (Å²) in [5.41, 5.74) is 4.18. The molecule has 4 rings (SSSR count). The topological polar surface area (TPSA) is 95.8 Å². The number of hydrogen-bond donors (Lipinski definition) is 3. The SMILES string of the molecule is Cc1nn(CCO)c2ncc(C(=O)NCCc3c[nH]c4cccc(Br)c34)cc12. The number of rotatable bonds is 6. The fourth-order valence-electron chi connectivity index (χ4n) is 3.40. The summed E-state index contributed by atoms with van der Waals surface area (Å²) in [4.78, 5) is 20.2. The summed E-state index contributed by atoms with van der Waals surface area (Å²) in [5.74, 6) is -0.164. The van der Waals surface area contributed by atoms with E-state index >= 15 is 0 Å². The van der Waals surface area contributed by atoms with Gasteiger partial charge in [-0.25, -0.2) is 9.67 Å². The van der Waals surface area contributed by atoms with Crippen LogP contribution in [0.4, 0.5) is 0 Å². The molecule has 0 saturated carbocycles. The van der Waals surface area contributed by atoms with E-state index in [4.69, 9.17) is 5.11 Å². The van der Waals surface area contributed by atoms with Gasteiger partial charge in [-0.1, -0.05) is 22.0 Å². The monoisotopic (exact) mass is 441 g/mol. The molecule has 1 amide bonds. The summed E-state index contributed by atoms with van der Waals surface area (Å²) in [6, 6.07) is 7.83. The number of aliphatic hydroxyl groups excluding tert-OH is 1. The molecule has 1 aromatic carbocycles. The minimum absolute atomic E-state index is 0.00983. The molecule has 0 aliphatic rings. The third-order valence-corrected chi connectivity index (χ3v) is 5.42. The molecule has 3 aromatic heterocycles. The number of amides is 1. The summed E-state index contributed by atoms with van der Waals surface area (Å²) >= 11 is 3.59. The fraction of sp³-hybridized carbons (Fsp3) is 0.250. The number of benzene rings is 1. The van der Waals surface area contributed by atoms with Crippen molar-refractivity contribution >= 4 is 43.8 Å². The van der Waals surface area contributed by atoms with E-state index in [1.807, 2.05) is 31.3 Å². The first-order chi connectivity index (χ1) is 13.6. The molecule has 8 heteroatoms. The molecule has 0 bridgehead atoms. The van der Waals surface area contributed by atoms with Crippen LogP contribution in [0.25, 0.3) is 21.9 Å². The largest absolute Gasteiger partial charge is 0.394 e. The Morgan fingerprint density at radius 2 is 2.25 bits per heavy atom. The first-order valence-electron chi connectivity index (χ1n) is 9.05. The third-order valence-electron chi connectivity index (χ3n) is 4.76. The summed E-state index contributed by atoms with van der Waals surface area (Å²) in [7, 11) is 0. The molecule has 0 fully saturated rings. The molecule has 144 valence electrons. The standard InChI is InChI=1S/C20H20BrN5O2/c1-12-15-9-14(11-24-19(15)26(25-12)7-8-27)20(28)22-6-5-13-10-23-17-4-2-3-16(21)18(13)17/h2-4,9-11,23,27H,5-8H2,1H3,(H,22,28). The number of hydrogen-bond acceptors (Lipinski definition) is 4. The van der Waals surface area contributed by atoms with Gasteiger partial charge < -0.3 is 15.4 Å². The highest BCUT2D eigenvalue weighted by atomic mass is 79.9. The number of pyridine rings is 1. The van der Waals surface area contributed by atoms with Gasteiger partial charge in [-0.15, -0.1) is 0 Å². The lowest BCUT2D eigenvalue weighted by Gasteiger charge is -2.06. The number of aliphatic hydroxyl groups is 1. The van der Waals surface area contributed by atoms with Gasteiger partial charge >= 0.3 is 0 Å². The first-order valence-corrected chi connectivity index (χ1v) is 9.84. The third kappa shape index (κ3) is 3.41. The van der Waals surface area contributed by atoms with Crippen molar-refractivity contribution in [2.45, 2.75) is 19.9 Å². The van der Waals surface area contributed by atoms with E-state index in [9.17, 15) is 4.79 Å². The van der Waals surface area contributed by atoms with Crippen LogP contribution in [0.2, 0.25) is 0 Å². The number of nitrogens with one attached hydrogen (secondary N) is 2. The van der Waals surface area contributed by atoms with Crippen molar-refractivity contribution in [3.63, 3.8) is 0 Å². The van der Waals surface area contributed by atoms with Crippen molar-refractivity contribution in [2.24, 2.45) is 0 Å². The molecule has 4 aromatic rings. The van der Waals surface area contributed by atoms with Crippen molar-refractivity contribution in [3.05, 3.63) is 58.0 Å². The zero-order valence-corrected chi connectivity index (χ0v) is 17.0. The number of H-pyrrole nitrogens is 1. The smallest absolute Gasteiger partial charge is 0.252 e. The average Bonchev–Trinajstić information content (AvgIpc) is 3.24. The minimum atomic E-state index is -0.164. The second-order valence-electron chi connectivity index (χ2n) is 6.61. The Morgan fingerprint density at radius 1 is 1.39 bits per heavy atom. The van der Waals surface area contributed by atoms with Gasteiger partial charge in [0.05, 0.1) is 24.4 Å². The molecule has 7 nitrogen and oxygen atoms in total. The maximum Gasteiger partial charge on any atom is 0.252 e. The van der Waals surface area contributed by atoms with Crippen molar-refractivity contribution < 1.29 is 9.90 Å². The van der Waals surface area contributed by atoms with Crippen LogP contribution in [0.5, 0.6) is 0 Å². The molecule has 0 aliphatic carbocycles.